The van der Waals surface area contributed by atoms with Crippen molar-refractivity contribution in [1.82, 2.24) is 10.3 Å². The highest BCUT2D eigenvalue weighted by atomic mass is 16.4. The lowest BCUT2D eigenvalue weighted by molar-refractivity contribution is -0.128. The average Bonchev–Trinajstić information content (AvgIpc) is 2.98. The molecule has 1 heterocycles. The quantitative estimate of drug-likeness (QED) is 0.336. The van der Waals surface area contributed by atoms with Gasteiger partial charge in [0.05, 0.1) is 6.04 Å². The second-order valence-corrected chi connectivity index (χ2v) is 5.26. The predicted octanol–water partition coefficient (Wildman–Crippen LogP) is 1.57. The minimum Gasteiger partial charge on any atom is -0.409 e. The summed E-state index contributed by atoms with van der Waals surface area (Å²) in [5, 5.41) is 14.9. The summed E-state index contributed by atoms with van der Waals surface area (Å²) in [7, 11) is 0. The van der Waals surface area contributed by atoms with Crippen molar-refractivity contribution in [1.29, 1.82) is 0 Å². The third-order valence-electron chi connectivity index (χ3n) is 4.02. The molecule has 1 aliphatic carbocycles. The molecule has 4 N–H and O–H groups in total. The average molecular weight is 276 g/mol. The molecule has 1 aromatic heterocycles. The third-order valence-corrected chi connectivity index (χ3v) is 4.02. The van der Waals surface area contributed by atoms with Crippen molar-refractivity contribution in [3.63, 3.8) is 0 Å². The summed E-state index contributed by atoms with van der Waals surface area (Å²) in [5.41, 5.74) is 5.81. The van der Waals surface area contributed by atoms with Crippen LogP contribution in [0.4, 0.5) is 0 Å². The van der Waals surface area contributed by atoms with Gasteiger partial charge in [0.25, 0.3) is 0 Å². The van der Waals surface area contributed by atoms with Crippen LogP contribution in [0.5, 0.6) is 0 Å². The van der Waals surface area contributed by atoms with Gasteiger partial charge in [0.15, 0.2) is 5.84 Å². The van der Waals surface area contributed by atoms with Crippen molar-refractivity contribution in [2.75, 3.05) is 0 Å². The van der Waals surface area contributed by atoms with E-state index in [4.69, 9.17) is 10.9 Å². The largest absolute Gasteiger partial charge is 0.409 e. The van der Waals surface area contributed by atoms with E-state index in [2.05, 4.69) is 15.5 Å². The molecule has 0 spiro atoms. The highest BCUT2D eigenvalue weighted by Crippen LogP contribution is 2.39. The van der Waals surface area contributed by atoms with Gasteiger partial charge in [-0.1, -0.05) is 24.1 Å². The van der Waals surface area contributed by atoms with E-state index in [9.17, 15) is 4.79 Å². The number of carbonyl (C=O) groups excluding carboxylic acids is 1. The molecule has 1 saturated carbocycles. The maximum absolute atomic E-state index is 12.5. The molecule has 20 heavy (non-hydrogen) atoms. The first-order chi connectivity index (χ1) is 9.60. The van der Waals surface area contributed by atoms with E-state index in [1.54, 1.807) is 12.4 Å². The van der Waals surface area contributed by atoms with Gasteiger partial charge in [0, 0.05) is 12.4 Å². The molecule has 0 bridgehead atoms. The van der Waals surface area contributed by atoms with Crippen molar-refractivity contribution < 1.29 is 10.0 Å². The normalized spacial score (nSPS) is 19.6. The highest BCUT2D eigenvalue weighted by molar-refractivity contribution is 6.07. The van der Waals surface area contributed by atoms with E-state index < -0.39 is 5.41 Å². The summed E-state index contributed by atoms with van der Waals surface area (Å²) < 4.78 is 0. The topological polar surface area (TPSA) is 101 Å². The molecule has 2 rings (SSSR count). The number of nitrogens with two attached hydrogens (primary N) is 1. The van der Waals surface area contributed by atoms with Gasteiger partial charge in [0.1, 0.15) is 5.41 Å². The summed E-state index contributed by atoms with van der Waals surface area (Å²) in [4.78, 5) is 16.6. The van der Waals surface area contributed by atoms with Crippen molar-refractivity contribution in [2.24, 2.45) is 16.3 Å². The number of nitrogens with zero attached hydrogens (tertiary/aromatic N) is 2. The van der Waals surface area contributed by atoms with Crippen LogP contribution in [-0.4, -0.2) is 21.9 Å². The second kappa shape index (κ2) is 5.90. The zero-order chi connectivity index (χ0) is 14.6. The molecule has 108 valence electrons. The minimum atomic E-state index is -0.870. The molecule has 1 aromatic rings. The second-order valence-electron chi connectivity index (χ2n) is 5.26. The summed E-state index contributed by atoms with van der Waals surface area (Å²) in [6, 6.07) is 3.57. The highest BCUT2D eigenvalue weighted by Gasteiger charge is 2.45. The molecule has 1 fully saturated rings. The number of hydrogen-bond acceptors (Lipinski definition) is 4. The fourth-order valence-corrected chi connectivity index (χ4v) is 2.72. The fraction of sp³-hybridized carbons (Fsp3) is 0.500. The Kier molecular flexibility index (Phi) is 4.22. The molecule has 1 amide bonds. The van der Waals surface area contributed by atoms with Crippen LogP contribution in [0.2, 0.25) is 0 Å². The molecule has 0 radical (unpaired) electrons. The maximum Gasteiger partial charge on any atom is 0.234 e. The molecule has 0 aliphatic heterocycles. The maximum atomic E-state index is 12.5. The van der Waals surface area contributed by atoms with Crippen LogP contribution in [0, 0.1) is 5.41 Å². The van der Waals surface area contributed by atoms with Gasteiger partial charge in [-0.05, 0) is 31.4 Å². The number of rotatable bonds is 4. The molecular weight excluding hydrogens is 256 g/mol. The Balaban J connectivity index is 2.14. The summed E-state index contributed by atoms with van der Waals surface area (Å²) >= 11 is 0. The Morgan fingerprint density at radius 1 is 1.55 bits per heavy atom. The minimum absolute atomic E-state index is 0.00545. The number of amides is 1. The molecule has 0 saturated heterocycles. The van der Waals surface area contributed by atoms with E-state index >= 15 is 0 Å². The van der Waals surface area contributed by atoms with Gasteiger partial charge in [-0.25, -0.2) is 0 Å². The monoisotopic (exact) mass is 276 g/mol. The number of aromatic nitrogens is 1. The van der Waals surface area contributed by atoms with Gasteiger partial charge < -0.3 is 16.3 Å². The summed E-state index contributed by atoms with van der Waals surface area (Å²) in [5.74, 6) is -0.174. The van der Waals surface area contributed by atoms with E-state index in [-0.39, 0.29) is 17.8 Å². The van der Waals surface area contributed by atoms with Crippen LogP contribution in [0.15, 0.2) is 29.7 Å². The van der Waals surface area contributed by atoms with Crippen LogP contribution in [0.1, 0.15) is 44.2 Å². The summed E-state index contributed by atoms with van der Waals surface area (Å²) in [6.07, 6.45) is 6.46. The van der Waals surface area contributed by atoms with Gasteiger partial charge in [-0.15, -0.1) is 0 Å². The number of hydrogen-bond donors (Lipinski definition) is 3. The van der Waals surface area contributed by atoms with E-state index in [0.29, 0.717) is 12.8 Å². The first-order valence-electron chi connectivity index (χ1n) is 6.79. The van der Waals surface area contributed by atoms with Crippen LogP contribution >= 0.6 is 0 Å². The molecular formula is C14H20N4O2. The number of carbonyl (C=O) groups is 1. The molecule has 1 aliphatic rings. The Bertz CT molecular complexity index is 495. The van der Waals surface area contributed by atoms with E-state index in [1.165, 1.54) is 0 Å². The number of amidine groups is 1. The zero-order valence-electron chi connectivity index (χ0n) is 11.5. The first kappa shape index (κ1) is 14.3. The van der Waals surface area contributed by atoms with Crippen LogP contribution in [0.3, 0.4) is 0 Å². The molecule has 6 heteroatoms. The first-order valence-corrected chi connectivity index (χ1v) is 6.79. The van der Waals surface area contributed by atoms with Gasteiger partial charge in [-0.3, -0.25) is 9.78 Å². The van der Waals surface area contributed by atoms with Crippen LogP contribution in [-0.2, 0) is 4.79 Å². The van der Waals surface area contributed by atoms with Gasteiger partial charge >= 0.3 is 0 Å². The fourth-order valence-electron chi connectivity index (χ4n) is 2.72. The smallest absolute Gasteiger partial charge is 0.234 e. The lowest BCUT2D eigenvalue weighted by atomic mass is 9.83. The Hall–Kier alpha value is -2.11. The van der Waals surface area contributed by atoms with Crippen LogP contribution in [0.25, 0.3) is 0 Å². The van der Waals surface area contributed by atoms with E-state index in [0.717, 1.165) is 18.4 Å². The summed E-state index contributed by atoms with van der Waals surface area (Å²) in [6.45, 7) is 1.89. The Morgan fingerprint density at radius 3 is 2.80 bits per heavy atom. The van der Waals surface area contributed by atoms with E-state index in [1.807, 2.05) is 19.1 Å². The van der Waals surface area contributed by atoms with Crippen molar-refractivity contribution >= 4 is 11.7 Å². The third kappa shape index (κ3) is 2.59. The number of nitrogens with one attached hydrogen (secondary N) is 1. The number of oxime groups is 1. The lowest BCUT2D eigenvalue weighted by Crippen LogP contribution is -2.48. The standard InChI is InChI=1S/C14H20N4O2/c1-10(11-5-4-8-16-9-11)17-13(19)14(12(15)18-20)6-2-3-7-14/h4-5,8-10,20H,2-3,6-7H2,1H3,(H2,15,18)(H,17,19). The zero-order valence-corrected chi connectivity index (χ0v) is 11.5. The van der Waals surface area contributed by atoms with Crippen molar-refractivity contribution in [2.45, 2.75) is 38.6 Å². The van der Waals surface area contributed by atoms with Crippen LogP contribution < -0.4 is 11.1 Å². The van der Waals surface area contributed by atoms with Gasteiger partial charge in [-0.2, -0.15) is 0 Å². The van der Waals surface area contributed by atoms with Crippen molar-refractivity contribution in [3.05, 3.63) is 30.1 Å². The predicted molar refractivity (Wildman–Crippen MR) is 75.1 cm³/mol. The number of pyridine rings is 1. The Labute approximate surface area is 118 Å². The molecule has 0 aromatic carbocycles. The molecule has 1 atom stereocenters. The van der Waals surface area contributed by atoms with Gasteiger partial charge in [0.2, 0.25) is 5.91 Å². The van der Waals surface area contributed by atoms with Crippen molar-refractivity contribution in [3.8, 4) is 0 Å². The SMILES string of the molecule is CC(NC(=O)C1(C(N)=NO)CCCC1)c1cccnc1. The Morgan fingerprint density at radius 2 is 2.25 bits per heavy atom. The molecule has 1 unspecified atom stereocenters. The molecule has 6 nitrogen and oxygen atoms in total. The lowest BCUT2D eigenvalue weighted by Gasteiger charge is -2.28.